The van der Waals surface area contributed by atoms with Crippen molar-refractivity contribution < 1.29 is 9.53 Å². The van der Waals surface area contributed by atoms with Crippen molar-refractivity contribution in [2.45, 2.75) is 39.2 Å². The Hall–Kier alpha value is -1.55. The van der Waals surface area contributed by atoms with E-state index in [9.17, 15) is 4.79 Å². The summed E-state index contributed by atoms with van der Waals surface area (Å²) in [5, 5.41) is 3.29. The first kappa shape index (κ1) is 17.8. The van der Waals surface area contributed by atoms with Crippen LogP contribution in [-0.4, -0.2) is 38.1 Å². The quantitative estimate of drug-likeness (QED) is 0.875. The molecule has 0 unspecified atom stereocenters. The second kappa shape index (κ2) is 8.34. The molecule has 0 bridgehead atoms. The first-order valence-electron chi connectivity index (χ1n) is 8.62. The van der Waals surface area contributed by atoms with E-state index in [4.69, 9.17) is 4.74 Å². The first-order valence-corrected chi connectivity index (χ1v) is 8.62. The van der Waals surface area contributed by atoms with Crippen LogP contribution in [0.3, 0.4) is 0 Å². The van der Waals surface area contributed by atoms with Gasteiger partial charge < -0.3 is 15.0 Å². The summed E-state index contributed by atoms with van der Waals surface area (Å²) in [7, 11) is 3.76. The van der Waals surface area contributed by atoms with Crippen LogP contribution < -0.4 is 10.1 Å². The molecule has 23 heavy (non-hydrogen) atoms. The fourth-order valence-electron chi connectivity index (χ4n) is 3.26. The predicted octanol–water partition coefficient (Wildman–Crippen LogP) is 3.24. The number of benzene rings is 1. The molecule has 1 fully saturated rings. The molecule has 2 rings (SSSR count). The van der Waals surface area contributed by atoms with Gasteiger partial charge in [-0.3, -0.25) is 4.79 Å². The normalized spacial score (nSPS) is 20.3. The standard InChI is InChI=1S/C19H30N2O2/c1-14(2)12-18(15-7-9-17(23-4)10-8-15)20-19(22)16-6-5-11-21(3)13-16/h7-10,14,16,18H,5-6,11-13H2,1-4H3,(H,20,22)/t16-,18+/m0/s1. The molecule has 0 saturated carbocycles. The molecule has 1 N–H and O–H groups in total. The third-order valence-corrected chi connectivity index (χ3v) is 4.54. The minimum Gasteiger partial charge on any atom is -0.497 e. The van der Waals surface area contributed by atoms with Crippen LogP contribution in [0.5, 0.6) is 5.75 Å². The van der Waals surface area contributed by atoms with Crippen molar-refractivity contribution in [2.24, 2.45) is 11.8 Å². The predicted molar refractivity (Wildman–Crippen MR) is 93.6 cm³/mol. The van der Waals surface area contributed by atoms with Crippen molar-refractivity contribution in [2.75, 3.05) is 27.2 Å². The zero-order chi connectivity index (χ0) is 16.8. The second-order valence-corrected chi connectivity index (χ2v) is 7.07. The Kier molecular flexibility index (Phi) is 6.46. The smallest absolute Gasteiger partial charge is 0.224 e. The van der Waals surface area contributed by atoms with E-state index in [1.807, 2.05) is 12.1 Å². The van der Waals surface area contributed by atoms with Crippen LogP contribution in [0.15, 0.2) is 24.3 Å². The van der Waals surface area contributed by atoms with Crippen molar-refractivity contribution >= 4 is 5.91 Å². The van der Waals surface area contributed by atoms with E-state index >= 15 is 0 Å². The molecular weight excluding hydrogens is 288 g/mol. The van der Waals surface area contributed by atoms with Crippen LogP contribution >= 0.6 is 0 Å². The Morgan fingerprint density at radius 1 is 1.35 bits per heavy atom. The highest BCUT2D eigenvalue weighted by atomic mass is 16.5. The van der Waals surface area contributed by atoms with Crippen molar-refractivity contribution in [3.8, 4) is 5.75 Å². The van der Waals surface area contributed by atoms with Gasteiger partial charge in [0.25, 0.3) is 0 Å². The van der Waals surface area contributed by atoms with Crippen molar-refractivity contribution in [1.29, 1.82) is 0 Å². The highest BCUT2D eigenvalue weighted by Gasteiger charge is 2.26. The number of ether oxygens (including phenoxy) is 1. The van der Waals surface area contributed by atoms with E-state index in [-0.39, 0.29) is 17.9 Å². The summed E-state index contributed by atoms with van der Waals surface area (Å²) < 4.78 is 5.23. The maximum atomic E-state index is 12.7. The van der Waals surface area contributed by atoms with Gasteiger partial charge >= 0.3 is 0 Å². The molecule has 0 aliphatic carbocycles. The first-order chi connectivity index (χ1) is 11.0. The van der Waals surface area contributed by atoms with Crippen LogP contribution in [0.1, 0.15) is 44.7 Å². The molecule has 0 radical (unpaired) electrons. The van der Waals surface area contributed by atoms with Crippen molar-refractivity contribution in [3.05, 3.63) is 29.8 Å². The number of amides is 1. The van der Waals surface area contributed by atoms with Gasteiger partial charge in [0.1, 0.15) is 5.75 Å². The fourth-order valence-corrected chi connectivity index (χ4v) is 3.26. The Morgan fingerprint density at radius 2 is 2.04 bits per heavy atom. The summed E-state index contributed by atoms with van der Waals surface area (Å²) in [4.78, 5) is 14.9. The number of nitrogens with one attached hydrogen (secondary N) is 1. The number of carbonyl (C=O) groups is 1. The molecule has 1 aromatic carbocycles. The van der Waals surface area contributed by atoms with E-state index in [1.54, 1.807) is 7.11 Å². The number of nitrogens with zero attached hydrogens (tertiary/aromatic N) is 1. The lowest BCUT2D eigenvalue weighted by molar-refractivity contribution is -0.127. The Labute approximate surface area is 140 Å². The van der Waals surface area contributed by atoms with E-state index in [1.165, 1.54) is 0 Å². The van der Waals surface area contributed by atoms with Gasteiger partial charge in [0.05, 0.1) is 19.1 Å². The fraction of sp³-hybridized carbons (Fsp3) is 0.632. The van der Waals surface area contributed by atoms with Crippen LogP contribution in [0, 0.1) is 11.8 Å². The van der Waals surface area contributed by atoms with Crippen LogP contribution in [0.2, 0.25) is 0 Å². The summed E-state index contributed by atoms with van der Waals surface area (Å²) in [6, 6.07) is 8.10. The van der Waals surface area contributed by atoms with Gasteiger partial charge in [0.15, 0.2) is 0 Å². The number of likely N-dealkylation sites (tertiary alicyclic amines) is 1. The number of rotatable bonds is 6. The summed E-state index contributed by atoms with van der Waals surface area (Å²) in [5.41, 5.74) is 1.15. The average molecular weight is 318 g/mol. The zero-order valence-electron chi connectivity index (χ0n) is 14.8. The maximum absolute atomic E-state index is 12.7. The Bertz CT molecular complexity index is 499. The van der Waals surface area contributed by atoms with Crippen LogP contribution in [0.25, 0.3) is 0 Å². The third kappa shape index (κ3) is 5.24. The van der Waals surface area contributed by atoms with Gasteiger partial charge in [-0.2, -0.15) is 0 Å². The van der Waals surface area contributed by atoms with Gasteiger partial charge in [-0.15, -0.1) is 0 Å². The van der Waals surface area contributed by atoms with Gasteiger partial charge in [-0.05, 0) is 56.5 Å². The zero-order valence-corrected chi connectivity index (χ0v) is 14.8. The monoisotopic (exact) mass is 318 g/mol. The number of methoxy groups -OCH3 is 1. The number of hydrogen-bond acceptors (Lipinski definition) is 3. The molecule has 4 nitrogen and oxygen atoms in total. The van der Waals surface area contributed by atoms with Gasteiger partial charge in [-0.25, -0.2) is 0 Å². The second-order valence-electron chi connectivity index (χ2n) is 7.07. The molecular formula is C19H30N2O2. The molecule has 0 spiro atoms. The highest BCUT2D eigenvalue weighted by molar-refractivity contribution is 5.79. The Morgan fingerprint density at radius 3 is 2.61 bits per heavy atom. The lowest BCUT2D eigenvalue weighted by atomic mass is 9.94. The molecule has 128 valence electrons. The van der Waals surface area contributed by atoms with Gasteiger partial charge in [0, 0.05) is 6.54 Å². The number of carbonyl (C=O) groups excluding carboxylic acids is 1. The summed E-state index contributed by atoms with van der Waals surface area (Å²) >= 11 is 0. The Balaban J connectivity index is 2.06. The number of piperidine rings is 1. The van der Waals surface area contributed by atoms with Crippen LogP contribution in [-0.2, 0) is 4.79 Å². The van der Waals surface area contributed by atoms with E-state index < -0.39 is 0 Å². The van der Waals surface area contributed by atoms with E-state index in [2.05, 4.69) is 43.2 Å². The molecule has 1 aliphatic heterocycles. The molecule has 1 saturated heterocycles. The number of hydrogen-bond donors (Lipinski definition) is 1. The summed E-state index contributed by atoms with van der Waals surface area (Å²) in [5.74, 6) is 1.67. The molecule has 1 amide bonds. The van der Waals surface area contributed by atoms with Crippen molar-refractivity contribution in [1.82, 2.24) is 10.2 Å². The summed E-state index contributed by atoms with van der Waals surface area (Å²) in [6.07, 6.45) is 3.04. The lowest BCUT2D eigenvalue weighted by Crippen LogP contribution is -2.42. The average Bonchev–Trinajstić information content (AvgIpc) is 2.54. The summed E-state index contributed by atoms with van der Waals surface area (Å²) in [6.45, 7) is 6.34. The largest absolute Gasteiger partial charge is 0.497 e. The molecule has 0 aromatic heterocycles. The van der Waals surface area contributed by atoms with E-state index in [0.29, 0.717) is 5.92 Å². The molecule has 1 aliphatic rings. The molecule has 1 aromatic rings. The van der Waals surface area contributed by atoms with Gasteiger partial charge in [0.2, 0.25) is 5.91 Å². The topological polar surface area (TPSA) is 41.6 Å². The van der Waals surface area contributed by atoms with Crippen molar-refractivity contribution in [3.63, 3.8) is 0 Å². The highest BCUT2D eigenvalue weighted by Crippen LogP contribution is 2.25. The molecule has 1 heterocycles. The molecule has 2 atom stereocenters. The SMILES string of the molecule is COc1ccc([C@@H](CC(C)C)NC(=O)[C@H]2CCCN(C)C2)cc1. The van der Waals surface area contributed by atoms with Gasteiger partial charge in [-0.1, -0.05) is 26.0 Å². The maximum Gasteiger partial charge on any atom is 0.224 e. The minimum absolute atomic E-state index is 0.0700. The third-order valence-electron chi connectivity index (χ3n) is 4.54. The van der Waals surface area contributed by atoms with E-state index in [0.717, 1.165) is 43.7 Å². The van der Waals surface area contributed by atoms with Crippen LogP contribution in [0.4, 0.5) is 0 Å². The minimum atomic E-state index is 0.0700. The molecule has 4 heteroatoms. The lowest BCUT2D eigenvalue weighted by Gasteiger charge is -2.30.